The summed E-state index contributed by atoms with van der Waals surface area (Å²) in [6.45, 7) is 8.41. The maximum atomic E-state index is 8.94. The molecule has 0 radical (unpaired) electrons. The van der Waals surface area contributed by atoms with E-state index in [0.29, 0.717) is 12.6 Å². The Kier molecular flexibility index (Phi) is 5.64. The van der Waals surface area contributed by atoms with Gasteiger partial charge in [-0.05, 0) is 19.8 Å². The van der Waals surface area contributed by atoms with Crippen LogP contribution in [-0.4, -0.2) is 78.6 Å². The first kappa shape index (κ1) is 16.4. The highest BCUT2D eigenvalue weighted by Gasteiger charge is 2.26. The third-order valence-corrected chi connectivity index (χ3v) is 4.57. The van der Waals surface area contributed by atoms with E-state index < -0.39 is 0 Å². The molecule has 0 aromatic carbocycles. The van der Waals surface area contributed by atoms with E-state index in [1.165, 1.54) is 0 Å². The van der Waals surface area contributed by atoms with Gasteiger partial charge < -0.3 is 20.1 Å². The molecule has 0 bridgehead atoms. The maximum Gasteiger partial charge on any atom is 0.227 e. The van der Waals surface area contributed by atoms with Crippen molar-refractivity contribution in [2.75, 3.05) is 62.8 Å². The van der Waals surface area contributed by atoms with Crippen molar-refractivity contribution in [2.45, 2.75) is 25.8 Å². The summed E-state index contributed by atoms with van der Waals surface area (Å²) >= 11 is 0. The first-order valence-corrected chi connectivity index (χ1v) is 8.53. The standard InChI is InChI=1S/C16H27N5O2/c1-13-12-15(17-4-9-22)19-16(18-13)21-5-2-14(3-6-21)20-7-10-23-11-8-20/h12,14,22H,2-11H2,1H3,(H,17,18,19). The Bertz CT molecular complexity index is 499. The Labute approximate surface area is 137 Å². The van der Waals surface area contributed by atoms with Gasteiger partial charge in [0.25, 0.3) is 0 Å². The summed E-state index contributed by atoms with van der Waals surface area (Å²) in [5.41, 5.74) is 0.950. The monoisotopic (exact) mass is 321 g/mol. The average Bonchev–Trinajstić information content (AvgIpc) is 2.60. The molecule has 7 nitrogen and oxygen atoms in total. The lowest BCUT2D eigenvalue weighted by molar-refractivity contribution is 0.0114. The van der Waals surface area contributed by atoms with E-state index >= 15 is 0 Å². The van der Waals surface area contributed by atoms with Crippen LogP contribution in [0.1, 0.15) is 18.5 Å². The first-order chi connectivity index (χ1) is 11.3. The predicted octanol–water partition coefficient (Wildman–Crippen LogP) is 0.490. The summed E-state index contributed by atoms with van der Waals surface area (Å²) in [6, 6.07) is 2.58. The normalized spacial score (nSPS) is 20.7. The van der Waals surface area contributed by atoms with E-state index in [9.17, 15) is 0 Å². The van der Waals surface area contributed by atoms with Gasteiger partial charge in [0, 0.05) is 50.5 Å². The molecule has 1 aromatic heterocycles. The van der Waals surface area contributed by atoms with Gasteiger partial charge in [0.2, 0.25) is 5.95 Å². The molecular weight excluding hydrogens is 294 g/mol. The highest BCUT2D eigenvalue weighted by atomic mass is 16.5. The number of hydrogen-bond acceptors (Lipinski definition) is 7. The average molecular weight is 321 g/mol. The van der Waals surface area contributed by atoms with Gasteiger partial charge in [-0.15, -0.1) is 0 Å². The SMILES string of the molecule is Cc1cc(NCCO)nc(N2CCC(N3CCOCC3)CC2)n1. The minimum Gasteiger partial charge on any atom is -0.395 e. The van der Waals surface area contributed by atoms with Crippen LogP contribution in [0.5, 0.6) is 0 Å². The van der Waals surface area contributed by atoms with Crippen molar-refractivity contribution in [1.82, 2.24) is 14.9 Å². The minimum absolute atomic E-state index is 0.101. The quantitative estimate of drug-likeness (QED) is 0.817. The summed E-state index contributed by atoms with van der Waals surface area (Å²) in [5, 5.41) is 12.1. The summed E-state index contributed by atoms with van der Waals surface area (Å²) in [5.74, 6) is 1.59. The van der Waals surface area contributed by atoms with Crippen molar-refractivity contribution in [1.29, 1.82) is 0 Å². The van der Waals surface area contributed by atoms with Gasteiger partial charge >= 0.3 is 0 Å². The molecule has 3 heterocycles. The fourth-order valence-corrected chi connectivity index (χ4v) is 3.34. The Hall–Kier alpha value is -1.44. The van der Waals surface area contributed by atoms with Crippen LogP contribution in [0.15, 0.2) is 6.07 Å². The molecule has 2 fully saturated rings. The molecular formula is C16H27N5O2. The number of nitrogens with zero attached hydrogens (tertiary/aromatic N) is 4. The smallest absolute Gasteiger partial charge is 0.227 e. The minimum atomic E-state index is 0.101. The molecule has 2 aliphatic rings. The van der Waals surface area contributed by atoms with Gasteiger partial charge in [-0.1, -0.05) is 0 Å². The van der Waals surface area contributed by atoms with Crippen LogP contribution in [0, 0.1) is 6.92 Å². The zero-order valence-corrected chi connectivity index (χ0v) is 13.9. The summed E-state index contributed by atoms with van der Waals surface area (Å²) in [7, 11) is 0. The molecule has 3 rings (SSSR count). The molecule has 0 atom stereocenters. The zero-order chi connectivity index (χ0) is 16.1. The van der Waals surface area contributed by atoms with Crippen LogP contribution in [0.3, 0.4) is 0 Å². The van der Waals surface area contributed by atoms with Crippen LogP contribution in [0.2, 0.25) is 0 Å². The van der Waals surface area contributed by atoms with Crippen molar-refractivity contribution in [3.05, 3.63) is 11.8 Å². The molecule has 2 saturated heterocycles. The first-order valence-electron chi connectivity index (χ1n) is 8.53. The Morgan fingerprint density at radius 1 is 1.22 bits per heavy atom. The third kappa shape index (κ3) is 4.31. The molecule has 2 aliphatic heterocycles. The number of piperidine rings is 1. The number of morpholine rings is 1. The zero-order valence-electron chi connectivity index (χ0n) is 13.9. The van der Waals surface area contributed by atoms with Gasteiger partial charge in [-0.2, -0.15) is 4.98 Å². The van der Waals surface area contributed by atoms with Crippen LogP contribution >= 0.6 is 0 Å². The molecule has 0 spiro atoms. The molecule has 23 heavy (non-hydrogen) atoms. The van der Waals surface area contributed by atoms with E-state index in [0.717, 1.165) is 69.7 Å². The number of anilines is 2. The van der Waals surface area contributed by atoms with Gasteiger partial charge in [-0.25, -0.2) is 4.98 Å². The van der Waals surface area contributed by atoms with Crippen LogP contribution in [0.4, 0.5) is 11.8 Å². The molecule has 0 aliphatic carbocycles. The summed E-state index contributed by atoms with van der Waals surface area (Å²) in [6.07, 6.45) is 2.30. The van der Waals surface area contributed by atoms with Crippen molar-refractivity contribution in [2.24, 2.45) is 0 Å². The van der Waals surface area contributed by atoms with Crippen molar-refractivity contribution >= 4 is 11.8 Å². The maximum absolute atomic E-state index is 8.94. The van der Waals surface area contributed by atoms with Gasteiger partial charge in [-0.3, -0.25) is 4.90 Å². The van der Waals surface area contributed by atoms with E-state index in [4.69, 9.17) is 9.84 Å². The molecule has 0 amide bonds. The van der Waals surface area contributed by atoms with Crippen molar-refractivity contribution in [3.8, 4) is 0 Å². The van der Waals surface area contributed by atoms with E-state index in [-0.39, 0.29) is 6.61 Å². The number of ether oxygens (including phenoxy) is 1. The highest BCUT2D eigenvalue weighted by molar-refractivity contribution is 5.43. The number of aliphatic hydroxyl groups is 1. The lowest BCUT2D eigenvalue weighted by atomic mass is 10.0. The number of aromatic nitrogens is 2. The third-order valence-electron chi connectivity index (χ3n) is 4.57. The van der Waals surface area contributed by atoms with E-state index in [2.05, 4.69) is 25.1 Å². The summed E-state index contributed by atoms with van der Waals surface area (Å²) < 4.78 is 5.44. The Morgan fingerprint density at radius 3 is 2.65 bits per heavy atom. The number of rotatable bonds is 5. The molecule has 128 valence electrons. The number of nitrogens with one attached hydrogen (secondary N) is 1. The van der Waals surface area contributed by atoms with Crippen LogP contribution < -0.4 is 10.2 Å². The second kappa shape index (κ2) is 7.90. The van der Waals surface area contributed by atoms with Gasteiger partial charge in [0.05, 0.1) is 19.8 Å². The Morgan fingerprint density at radius 2 is 1.96 bits per heavy atom. The van der Waals surface area contributed by atoms with Crippen molar-refractivity contribution in [3.63, 3.8) is 0 Å². The lowest BCUT2D eigenvalue weighted by Crippen LogP contribution is -2.49. The van der Waals surface area contributed by atoms with Gasteiger partial charge in [0.15, 0.2) is 0 Å². The molecule has 0 unspecified atom stereocenters. The van der Waals surface area contributed by atoms with Crippen LogP contribution in [-0.2, 0) is 4.74 Å². The molecule has 7 heteroatoms. The molecule has 1 aromatic rings. The summed E-state index contributed by atoms with van der Waals surface area (Å²) in [4.78, 5) is 14.0. The largest absolute Gasteiger partial charge is 0.395 e. The fourth-order valence-electron chi connectivity index (χ4n) is 3.34. The number of aryl methyl sites for hydroxylation is 1. The second-order valence-electron chi connectivity index (χ2n) is 6.21. The highest BCUT2D eigenvalue weighted by Crippen LogP contribution is 2.22. The Balaban J connectivity index is 1.59. The van der Waals surface area contributed by atoms with E-state index in [1.54, 1.807) is 0 Å². The van der Waals surface area contributed by atoms with Crippen LogP contribution in [0.25, 0.3) is 0 Å². The number of hydrogen-bond donors (Lipinski definition) is 2. The topological polar surface area (TPSA) is 73.8 Å². The van der Waals surface area contributed by atoms with E-state index in [1.807, 2.05) is 13.0 Å². The van der Waals surface area contributed by atoms with Gasteiger partial charge in [0.1, 0.15) is 5.82 Å². The lowest BCUT2D eigenvalue weighted by Gasteiger charge is -2.40. The predicted molar refractivity (Wildman–Crippen MR) is 90.0 cm³/mol. The molecule has 0 saturated carbocycles. The fraction of sp³-hybridized carbons (Fsp3) is 0.750. The second-order valence-corrected chi connectivity index (χ2v) is 6.21. The number of aliphatic hydroxyl groups excluding tert-OH is 1. The van der Waals surface area contributed by atoms with Crippen molar-refractivity contribution < 1.29 is 9.84 Å². The molecule has 2 N–H and O–H groups in total.